The highest BCUT2D eigenvalue weighted by Crippen LogP contribution is 2.28. The van der Waals surface area contributed by atoms with Crippen LogP contribution in [0.15, 0.2) is 78.1 Å². The Kier molecular flexibility index (Phi) is 6.70. The maximum atomic E-state index is 13.5. The third kappa shape index (κ3) is 5.01. The molecular weight excluding hydrogens is 478 g/mol. The molecule has 8 heteroatoms. The number of aromatic nitrogens is 2. The van der Waals surface area contributed by atoms with Crippen LogP contribution in [0.1, 0.15) is 51.1 Å². The van der Waals surface area contributed by atoms with Gasteiger partial charge in [-0.2, -0.15) is 0 Å². The topological polar surface area (TPSA) is 127 Å². The van der Waals surface area contributed by atoms with E-state index >= 15 is 0 Å². The Hall–Kier alpha value is -4.85. The van der Waals surface area contributed by atoms with E-state index in [0.29, 0.717) is 52.3 Å². The summed E-state index contributed by atoms with van der Waals surface area (Å²) >= 11 is 0. The van der Waals surface area contributed by atoms with Gasteiger partial charge in [-0.05, 0) is 87.2 Å². The van der Waals surface area contributed by atoms with Gasteiger partial charge in [-0.15, -0.1) is 0 Å². The van der Waals surface area contributed by atoms with Crippen molar-refractivity contribution in [3.8, 4) is 11.4 Å². The van der Waals surface area contributed by atoms with Crippen molar-refractivity contribution >= 4 is 34.3 Å². The lowest BCUT2D eigenvalue weighted by atomic mass is 10.00. The number of aryl methyl sites for hydroxylation is 2. The minimum atomic E-state index is -0.522. The molecule has 3 amide bonds. The van der Waals surface area contributed by atoms with Gasteiger partial charge < -0.3 is 11.1 Å². The van der Waals surface area contributed by atoms with Crippen molar-refractivity contribution in [2.75, 3.05) is 5.32 Å². The van der Waals surface area contributed by atoms with Crippen LogP contribution < -0.4 is 16.4 Å². The number of rotatable bonds is 5. The van der Waals surface area contributed by atoms with E-state index in [0.717, 1.165) is 28.5 Å². The Morgan fingerprint density at radius 1 is 0.868 bits per heavy atom. The van der Waals surface area contributed by atoms with Gasteiger partial charge in [0.2, 0.25) is 0 Å². The zero-order chi connectivity index (χ0) is 26.8. The van der Waals surface area contributed by atoms with Gasteiger partial charge in [-0.1, -0.05) is 17.7 Å². The van der Waals surface area contributed by atoms with E-state index in [1.165, 1.54) is 0 Å². The third-order valence-corrected chi connectivity index (χ3v) is 6.59. The number of hydrogen-bond acceptors (Lipinski definition) is 6. The quantitative estimate of drug-likeness (QED) is 0.334. The van der Waals surface area contributed by atoms with Crippen LogP contribution in [0.25, 0.3) is 22.3 Å². The molecule has 0 saturated heterocycles. The number of benzene rings is 2. The summed E-state index contributed by atoms with van der Waals surface area (Å²) in [4.78, 5) is 47.6. The Morgan fingerprint density at radius 3 is 2.34 bits per heavy atom. The molecule has 0 fully saturated rings. The SMILES string of the molecule is Cc1cc(C)c2nc(-c3ccccn3)cc(C(=O)Nc3ccc(C(=O)NC(=O)C4=C(N)CCC4)cc3)c2c1. The molecular formula is C30H27N5O3. The van der Waals surface area contributed by atoms with E-state index in [4.69, 9.17) is 10.7 Å². The summed E-state index contributed by atoms with van der Waals surface area (Å²) in [7, 11) is 0. The number of allylic oxidation sites excluding steroid dienone is 1. The summed E-state index contributed by atoms with van der Waals surface area (Å²) in [6.07, 6.45) is 3.74. The molecule has 5 rings (SSSR count). The first-order chi connectivity index (χ1) is 18.3. The van der Waals surface area contributed by atoms with Crippen LogP contribution in [0, 0.1) is 13.8 Å². The van der Waals surface area contributed by atoms with Crippen LogP contribution in [-0.4, -0.2) is 27.7 Å². The minimum absolute atomic E-state index is 0.298. The average Bonchev–Trinajstić information content (AvgIpc) is 3.35. The fourth-order valence-electron chi connectivity index (χ4n) is 4.69. The van der Waals surface area contributed by atoms with E-state index in [9.17, 15) is 14.4 Å². The highest BCUT2D eigenvalue weighted by molar-refractivity contribution is 6.14. The molecule has 1 aliphatic rings. The van der Waals surface area contributed by atoms with Crippen molar-refractivity contribution in [2.45, 2.75) is 33.1 Å². The molecule has 0 radical (unpaired) electrons. The van der Waals surface area contributed by atoms with Gasteiger partial charge >= 0.3 is 0 Å². The Labute approximate surface area is 220 Å². The average molecular weight is 506 g/mol. The van der Waals surface area contributed by atoms with Gasteiger partial charge in [0.15, 0.2) is 0 Å². The lowest BCUT2D eigenvalue weighted by Crippen LogP contribution is -2.32. The number of fused-ring (bicyclic) bond motifs is 1. The van der Waals surface area contributed by atoms with Crippen LogP contribution in [-0.2, 0) is 4.79 Å². The van der Waals surface area contributed by atoms with Crippen molar-refractivity contribution in [1.29, 1.82) is 0 Å². The Morgan fingerprint density at radius 2 is 1.66 bits per heavy atom. The largest absolute Gasteiger partial charge is 0.402 e. The summed E-state index contributed by atoms with van der Waals surface area (Å²) in [5, 5.41) is 6.05. The number of amides is 3. The van der Waals surface area contributed by atoms with Gasteiger partial charge in [-0.25, -0.2) is 4.98 Å². The molecule has 0 unspecified atom stereocenters. The second-order valence-electron chi connectivity index (χ2n) is 9.42. The van der Waals surface area contributed by atoms with Crippen molar-refractivity contribution < 1.29 is 14.4 Å². The predicted molar refractivity (Wildman–Crippen MR) is 146 cm³/mol. The Bertz CT molecular complexity index is 1610. The number of nitrogens with zero attached hydrogens (tertiary/aromatic N) is 2. The smallest absolute Gasteiger partial charge is 0.258 e. The first-order valence-electron chi connectivity index (χ1n) is 12.4. The molecule has 1 aliphatic carbocycles. The van der Waals surface area contributed by atoms with E-state index < -0.39 is 11.8 Å². The van der Waals surface area contributed by atoms with Crippen LogP contribution in [0.4, 0.5) is 5.69 Å². The number of imide groups is 1. The molecule has 0 bridgehead atoms. The van der Waals surface area contributed by atoms with Crippen LogP contribution in [0.3, 0.4) is 0 Å². The maximum absolute atomic E-state index is 13.5. The highest BCUT2D eigenvalue weighted by Gasteiger charge is 2.21. The normalized spacial score (nSPS) is 13.0. The predicted octanol–water partition coefficient (Wildman–Crippen LogP) is 4.82. The van der Waals surface area contributed by atoms with Gasteiger partial charge in [-0.3, -0.25) is 24.7 Å². The number of pyridine rings is 2. The Balaban J connectivity index is 1.39. The molecule has 2 aromatic heterocycles. The number of nitrogens with two attached hydrogens (primary N) is 1. The summed E-state index contributed by atoms with van der Waals surface area (Å²) < 4.78 is 0. The maximum Gasteiger partial charge on any atom is 0.258 e. The van der Waals surface area contributed by atoms with Gasteiger partial charge in [0, 0.05) is 34.1 Å². The summed E-state index contributed by atoms with van der Waals surface area (Å²) in [6, 6.07) is 17.6. The van der Waals surface area contributed by atoms with Crippen molar-refractivity contribution in [2.24, 2.45) is 5.73 Å². The van der Waals surface area contributed by atoms with Crippen molar-refractivity contribution in [1.82, 2.24) is 15.3 Å². The number of carbonyl (C=O) groups is 3. The standard InChI is InChI=1S/C30H27N5O3/c1-17-14-18(2)27-22(15-17)23(16-26(34-27)25-8-3-4-13-32-25)30(38)33-20-11-9-19(10-12-20)28(36)35-29(37)21-6-5-7-24(21)31/h3-4,8-16H,5-7,31H2,1-2H3,(H,33,38)(H,35,36,37). The second-order valence-corrected chi connectivity index (χ2v) is 9.42. The van der Waals surface area contributed by atoms with Crippen LogP contribution in [0.2, 0.25) is 0 Å². The van der Waals surface area contributed by atoms with Crippen LogP contribution >= 0.6 is 0 Å². The fourth-order valence-corrected chi connectivity index (χ4v) is 4.69. The lowest BCUT2D eigenvalue weighted by Gasteiger charge is -2.13. The molecule has 4 aromatic rings. The van der Waals surface area contributed by atoms with Crippen molar-refractivity contribution in [3.05, 3.63) is 100 Å². The molecule has 2 aromatic carbocycles. The molecule has 0 atom stereocenters. The number of hydrogen-bond donors (Lipinski definition) is 3. The monoisotopic (exact) mass is 505 g/mol. The van der Waals surface area contributed by atoms with Gasteiger partial charge in [0.1, 0.15) is 0 Å². The number of nitrogens with one attached hydrogen (secondary N) is 2. The lowest BCUT2D eigenvalue weighted by molar-refractivity contribution is -0.116. The molecule has 0 saturated carbocycles. The van der Waals surface area contributed by atoms with Gasteiger partial charge in [0.05, 0.1) is 22.5 Å². The molecule has 190 valence electrons. The van der Waals surface area contributed by atoms with E-state index in [1.54, 1.807) is 36.5 Å². The number of carbonyl (C=O) groups excluding carboxylic acids is 3. The first kappa shape index (κ1) is 24.8. The third-order valence-electron chi connectivity index (χ3n) is 6.59. The van der Waals surface area contributed by atoms with E-state index in [-0.39, 0.29) is 5.91 Å². The molecule has 0 spiro atoms. The molecule has 8 nitrogen and oxygen atoms in total. The van der Waals surface area contributed by atoms with Gasteiger partial charge in [0.25, 0.3) is 17.7 Å². The molecule has 2 heterocycles. The fraction of sp³-hybridized carbons (Fsp3) is 0.167. The summed E-state index contributed by atoms with van der Waals surface area (Å²) in [6.45, 7) is 3.95. The molecule has 0 aliphatic heterocycles. The summed E-state index contributed by atoms with van der Waals surface area (Å²) in [5.41, 5.74) is 12.1. The van der Waals surface area contributed by atoms with Crippen LogP contribution in [0.5, 0.6) is 0 Å². The zero-order valence-corrected chi connectivity index (χ0v) is 21.2. The minimum Gasteiger partial charge on any atom is -0.402 e. The molecule has 38 heavy (non-hydrogen) atoms. The van der Waals surface area contributed by atoms with E-state index in [1.807, 2.05) is 44.2 Å². The molecule has 4 N–H and O–H groups in total. The van der Waals surface area contributed by atoms with E-state index in [2.05, 4.69) is 15.6 Å². The summed E-state index contributed by atoms with van der Waals surface area (Å²) in [5.74, 6) is -1.29. The number of anilines is 1. The second kappa shape index (κ2) is 10.3. The zero-order valence-electron chi connectivity index (χ0n) is 21.2. The van der Waals surface area contributed by atoms with Crippen molar-refractivity contribution in [3.63, 3.8) is 0 Å². The first-order valence-corrected chi connectivity index (χ1v) is 12.4. The highest BCUT2D eigenvalue weighted by atomic mass is 16.2.